The maximum atomic E-state index is 10.0. The van der Waals surface area contributed by atoms with Crippen molar-refractivity contribution in [2.45, 2.75) is 13.1 Å². The Morgan fingerprint density at radius 1 is 1.69 bits per heavy atom. The second-order valence-electron chi connectivity index (χ2n) is 3.00. The summed E-state index contributed by atoms with van der Waals surface area (Å²) in [6.07, 6.45) is 0.740. The number of carbonyl (C=O) groups is 1. The summed E-state index contributed by atoms with van der Waals surface area (Å²) in [7, 11) is 0. The molecule has 5 heteroatoms. The molecule has 1 aliphatic rings. The minimum atomic E-state index is 0.721. The molecular weight excluding hydrogens is 186 g/mol. The van der Waals surface area contributed by atoms with Crippen LogP contribution in [0.4, 0.5) is 0 Å². The highest BCUT2D eigenvalue weighted by Crippen LogP contribution is 2.24. The van der Waals surface area contributed by atoms with Crippen LogP contribution in [0.3, 0.4) is 0 Å². The third-order valence-electron chi connectivity index (χ3n) is 2.12. The molecule has 0 spiro atoms. The second-order valence-corrected chi connectivity index (χ2v) is 3.94. The maximum Gasteiger partial charge on any atom is 0.207 e. The third-order valence-corrected chi connectivity index (χ3v) is 2.98. The monoisotopic (exact) mass is 197 g/mol. The van der Waals surface area contributed by atoms with Crippen LogP contribution in [0, 0.1) is 0 Å². The van der Waals surface area contributed by atoms with Gasteiger partial charge in [-0.1, -0.05) is 0 Å². The van der Waals surface area contributed by atoms with Gasteiger partial charge in [-0.2, -0.15) is 0 Å². The lowest BCUT2D eigenvalue weighted by Crippen LogP contribution is -2.27. The van der Waals surface area contributed by atoms with Crippen molar-refractivity contribution in [1.29, 1.82) is 0 Å². The molecule has 2 heterocycles. The van der Waals surface area contributed by atoms with Crippen LogP contribution in [-0.4, -0.2) is 29.4 Å². The molecule has 0 radical (unpaired) electrons. The Hall–Kier alpha value is -0.940. The molecule has 0 aliphatic carbocycles. The van der Waals surface area contributed by atoms with Gasteiger partial charge in [0, 0.05) is 31.1 Å². The van der Waals surface area contributed by atoms with E-state index in [1.807, 2.05) is 5.51 Å². The zero-order valence-corrected chi connectivity index (χ0v) is 8.01. The molecular formula is C8H11N3OS. The van der Waals surface area contributed by atoms with Gasteiger partial charge in [-0.05, 0) is 0 Å². The van der Waals surface area contributed by atoms with Crippen molar-refractivity contribution in [2.75, 3.05) is 13.1 Å². The van der Waals surface area contributed by atoms with Crippen LogP contribution in [0.15, 0.2) is 5.51 Å². The minimum Gasteiger partial charge on any atom is -0.357 e. The molecule has 1 aromatic heterocycles. The predicted molar refractivity (Wildman–Crippen MR) is 50.3 cm³/mol. The average molecular weight is 197 g/mol. The van der Waals surface area contributed by atoms with Crippen LogP contribution in [0.5, 0.6) is 0 Å². The molecule has 2 rings (SSSR count). The topological polar surface area (TPSA) is 45.2 Å². The standard InChI is InChI=1S/C8H11N3OS/c12-5-9-1-2-11-3-7-8(4-11)13-6-10-7/h5-6H,1-4H2,(H,9,12). The van der Waals surface area contributed by atoms with Gasteiger partial charge in [0.1, 0.15) is 0 Å². The zero-order valence-electron chi connectivity index (χ0n) is 7.19. The quantitative estimate of drug-likeness (QED) is 0.554. The number of rotatable bonds is 4. The van der Waals surface area contributed by atoms with Crippen molar-refractivity contribution in [2.24, 2.45) is 0 Å². The smallest absolute Gasteiger partial charge is 0.207 e. The Morgan fingerprint density at radius 3 is 3.38 bits per heavy atom. The van der Waals surface area contributed by atoms with Gasteiger partial charge < -0.3 is 5.32 Å². The van der Waals surface area contributed by atoms with Gasteiger partial charge in [0.2, 0.25) is 6.41 Å². The van der Waals surface area contributed by atoms with Crippen LogP contribution >= 0.6 is 11.3 Å². The lowest BCUT2D eigenvalue weighted by atomic mass is 10.4. The zero-order chi connectivity index (χ0) is 9.10. The summed E-state index contributed by atoms with van der Waals surface area (Å²) >= 11 is 1.71. The van der Waals surface area contributed by atoms with Crippen LogP contribution in [0.25, 0.3) is 0 Å². The van der Waals surface area contributed by atoms with E-state index in [-0.39, 0.29) is 0 Å². The van der Waals surface area contributed by atoms with Gasteiger partial charge in [0.05, 0.1) is 11.2 Å². The SMILES string of the molecule is O=CNCCN1Cc2ncsc2C1. The van der Waals surface area contributed by atoms with E-state index in [0.717, 1.165) is 32.6 Å². The molecule has 1 aromatic rings. The number of hydrogen-bond donors (Lipinski definition) is 1. The third kappa shape index (κ3) is 1.87. The van der Waals surface area contributed by atoms with Gasteiger partial charge in [-0.15, -0.1) is 11.3 Å². The van der Waals surface area contributed by atoms with Gasteiger partial charge in [0.15, 0.2) is 0 Å². The summed E-state index contributed by atoms with van der Waals surface area (Å²) < 4.78 is 0. The number of hydrogen-bond acceptors (Lipinski definition) is 4. The number of carbonyl (C=O) groups excluding carboxylic acids is 1. The number of nitrogens with one attached hydrogen (secondary N) is 1. The predicted octanol–water partition coefficient (Wildman–Crippen LogP) is 0.205. The highest BCUT2D eigenvalue weighted by Gasteiger charge is 2.20. The fourth-order valence-electron chi connectivity index (χ4n) is 1.46. The second kappa shape index (κ2) is 3.85. The van der Waals surface area contributed by atoms with Gasteiger partial charge >= 0.3 is 0 Å². The molecule has 1 aliphatic heterocycles. The van der Waals surface area contributed by atoms with Crippen LogP contribution in [0.2, 0.25) is 0 Å². The van der Waals surface area contributed by atoms with E-state index in [2.05, 4.69) is 15.2 Å². The minimum absolute atomic E-state index is 0.721. The molecule has 0 bridgehead atoms. The van der Waals surface area contributed by atoms with Crippen molar-refractivity contribution >= 4 is 17.7 Å². The Kier molecular flexibility index (Phi) is 2.56. The molecule has 0 saturated heterocycles. The molecule has 13 heavy (non-hydrogen) atoms. The summed E-state index contributed by atoms with van der Waals surface area (Å²) in [6.45, 7) is 3.54. The van der Waals surface area contributed by atoms with Gasteiger partial charge in [-0.25, -0.2) is 4.98 Å². The summed E-state index contributed by atoms with van der Waals surface area (Å²) in [5, 5.41) is 2.65. The normalized spacial score (nSPS) is 15.7. The largest absolute Gasteiger partial charge is 0.357 e. The van der Waals surface area contributed by atoms with E-state index < -0.39 is 0 Å². The Morgan fingerprint density at radius 2 is 2.62 bits per heavy atom. The number of fused-ring (bicyclic) bond motifs is 1. The Balaban J connectivity index is 1.81. The average Bonchev–Trinajstić information content (AvgIpc) is 2.64. The van der Waals surface area contributed by atoms with Crippen molar-refractivity contribution in [1.82, 2.24) is 15.2 Å². The van der Waals surface area contributed by atoms with E-state index in [0.29, 0.717) is 0 Å². The summed E-state index contributed by atoms with van der Waals surface area (Å²) in [6, 6.07) is 0. The van der Waals surface area contributed by atoms with E-state index in [1.54, 1.807) is 11.3 Å². The summed E-state index contributed by atoms with van der Waals surface area (Å²) in [4.78, 5) is 17.9. The Labute approximate surface area is 80.6 Å². The van der Waals surface area contributed by atoms with E-state index in [1.165, 1.54) is 10.6 Å². The van der Waals surface area contributed by atoms with Crippen molar-refractivity contribution in [3.63, 3.8) is 0 Å². The summed E-state index contributed by atoms with van der Waals surface area (Å²) in [5.41, 5.74) is 3.10. The first-order valence-corrected chi connectivity index (χ1v) is 5.09. The first kappa shape index (κ1) is 8.65. The van der Waals surface area contributed by atoms with Crippen molar-refractivity contribution in [3.8, 4) is 0 Å². The molecule has 1 amide bonds. The molecule has 70 valence electrons. The summed E-state index contributed by atoms with van der Waals surface area (Å²) in [5.74, 6) is 0. The molecule has 0 aromatic carbocycles. The Bertz CT molecular complexity index is 279. The molecule has 0 fully saturated rings. The molecule has 0 saturated carbocycles. The highest BCUT2D eigenvalue weighted by atomic mass is 32.1. The fourth-order valence-corrected chi connectivity index (χ4v) is 2.28. The van der Waals surface area contributed by atoms with Crippen LogP contribution < -0.4 is 5.32 Å². The molecule has 0 atom stereocenters. The van der Waals surface area contributed by atoms with Gasteiger partial charge in [0.25, 0.3) is 0 Å². The first-order valence-electron chi connectivity index (χ1n) is 4.21. The lowest BCUT2D eigenvalue weighted by Gasteiger charge is -2.13. The number of nitrogens with zero attached hydrogens (tertiary/aromatic N) is 2. The highest BCUT2D eigenvalue weighted by molar-refractivity contribution is 7.09. The molecule has 1 N–H and O–H groups in total. The lowest BCUT2D eigenvalue weighted by molar-refractivity contribution is -0.109. The number of amides is 1. The van der Waals surface area contributed by atoms with Crippen molar-refractivity contribution in [3.05, 3.63) is 16.1 Å². The van der Waals surface area contributed by atoms with E-state index in [9.17, 15) is 4.79 Å². The van der Waals surface area contributed by atoms with Crippen LogP contribution in [-0.2, 0) is 17.9 Å². The van der Waals surface area contributed by atoms with Gasteiger partial charge in [-0.3, -0.25) is 9.69 Å². The van der Waals surface area contributed by atoms with E-state index in [4.69, 9.17) is 0 Å². The van der Waals surface area contributed by atoms with Crippen molar-refractivity contribution < 1.29 is 4.79 Å². The number of thiazole rings is 1. The molecule has 0 unspecified atom stereocenters. The first-order chi connectivity index (χ1) is 6.40. The van der Waals surface area contributed by atoms with E-state index >= 15 is 0 Å². The maximum absolute atomic E-state index is 10.0. The molecule has 4 nitrogen and oxygen atoms in total. The van der Waals surface area contributed by atoms with Crippen LogP contribution in [0.1, 0.15) is 10.6 Å². The fraction of sp³-hybridized carbons (Fsp3) is 0.500. The number of aromatic nitrogens is 1.